The van der Waals surface area contributed by atoms with E-state index >= 15 is 0 Å². The number of nitro groups is 1. The molecule has 1 aromatic rings. The SMILES string of the molecule is CCCCCCOc1nc(NC)ccc1[N+](=O)[O-]. The summed E-state index contributed by atoms with van der Waals surface area (Å²) < 4.78 is 5.39. The Hall–Kier alpha value is -1.85. The number of pyridine rings is 1. The summed E-state index contributed by atoms with van der Waals surface area (Å²) >= 11 is 0. The van der Waals surface area contributed by atoms with Crippen LogP contribution in [0.25, 0.3) is 0 Å². The molecule has 1 rings (SSSR count). The fraction of sp³-hybridized carbons (Fsp3) is 0.583. The second-order valence-corrected chi connectivity index (χ2v) is 3.94. The second-order valence-electron chi connectivity index (χ2n) is 3.94. The zero-order valence-electron chi connectivity index (χ0n) is 10.8. The third-order valence-electron chi connectivity index (χ3n) is 2.53. The van der Waals surface area contributed by atoms with E-state index < -0.39 is 4.92 Å². The minimum atomic E-state index is -0.478. The number of anilines is 1. The molecule has 1 aromatic heterocycles. The van der Waals surface area contributed by atoms with Gasteiger partial charge in [0.05, 0.1) is 11.5 Å². The van der Waals surface area contributed by atoms with Gasteiger partial charge in [-0.2, -0.15) is 4.98 Å². The second kappa shape index (κ2) is 7.47. The molecule has 0 atom stereocenters. The maximum Gasteiger partial charge on any atom is 0.331 e. The summed E-state index contributed by atoms with van der Waals surface area (Å²) in [6, 6.07) is 2.96. The van der Waals surface area contributed by atoms with Crippen molar-refractivity contribution >= 4 is 11.5 Å². The predicted octanol–water partition coefficient (Wildman–Crippen LogP) is 2.99. The number of hydrogen-bond acceptors (Lipinski definition) is 5. The predicted molar refractivity (Wildman–Crippen MR) is 70.1 cm³/mol. The van der Waals surface area contributed by atoms with E-state index in [1.165, 1.54) is 6.07 Å². The average Bonchev–Trinajstić information content (AvgIpc) is 2.38. The topological polar surface area (TPSA) is 77.3 Å². The zero-order chi connectivity index (χ0) is 13.4. The lowest BCUT2D eigenvalue weighted by molar-refractivity contribution is -0.386. The molecule has 0 spiro atoms. The van der Waals surface area contributed by atoms with Crippen LogP contribution in [-0.4, -0.2) is 23.6 Å². The molecular weight excluding hydrogens is 234 g/mol. The van der Waals surface area contributed by atoms with Crippen molar-refractivity contribution in [1.29, 1.82) is 0 Å². The van der Waals surface area contributed by atoms with Crippen LogP contribution in [0.15, 0.2) is 12.1 Å². The van der Waals surface area contributed by atoms with Gasteiger partial charge in [0.15, 0.2) is 0 Å². The lowest BCUT2D eigenvalue weighted by Crippen LogP contribution is -2.04. The van der Waals surface area contributed by atoms with Gasteiger partial charge in [-0.05, 0) is 12.5 Å². The van der Waals surface area contributed by atoms with E-state index in [0.29, 0.717) is 12.4 Å². The van der Waals surface area contributed by atoms with Crippen molar-refractivity contribution in [2.75, 3.05) is 19.0 Å². The molecular formula is C12H19N3O3. The lowest BCUT2D eigenvalue weighted by atomic mass is 10.2. The van der Waals surface area contributed by atoms with Gasteiger partial charge in [0.1, 0.15) is 5.82 Å². The summed E-state index contributed by atoms with van der Waals surface area (Å²) in [6.45, 7) is 2.59. The Morgan fingerprint density at radius 3 is 2.78 bits per heavy atom. The zero-order valence-corrected chi connectivity index (χ0v) is 10.8. The van der Waals surface area contributed by atoms with E-state index in [0.717, 1.165) is 25.7 Å². The third kappa shape index (κ3) is 4.20. The van der Waals surface area contributed by atoms with Crippen molar-refractivity contribution in [2.45, 2.75) is 32.6 Å². The van der Waals surface area contributed by atoms with E-state index in [9.17, 15) is 10.1 Å². The van der Waals surface area contributed by atoms with E-state index in [1.807, 2.05) is 0 Å². The number of rotatable bonds is 8. The Labute approximate surface area is 107 Å². The van der Waals surface area contributed by atoms with Gasteiger partial charge < -0.3 is 10.1 Å². The van der Waals surface area contributed by atoms with Gasteiger partial charge in [-0.3, -0.25) is 10.1 Å². The van der Waals surface area contributed by atoms with Crippen LogP contribution in [0.4, 0.5) is 11.5 Å². The van der Waals surface area contributed by atoms with Gasteiger partial charge in [-0.25, -0.2) is 0 Å². The Kier molecular flexibility index (Phi) is 5.90. The molecule has 0 aliphatic rings. The largest absolute Gasteiger partial charge is 0.473 e. The molecule has 1 N–H and O–H groups in total. The number of nitrogens with one attached hydrogen (secondary N) is 1. The average molecular weight is 253 g/mol. The molecule has 0 aliphatic carbocycles. The Morgan fingerprint density at radius 1 is 1.39 bits per heavy atom. The number of aromatic nitrogens is 1. The Balaban J connectivity index is 2.63. The van der Waals surface area contributed by atoms with Crippen LogP contribution in [0.2, 0.25) is 0 Å². The molecule has 0 fully saturated rings. The molecule has 18 heavy (non-hydrogen) atoms. The number of unbranched alkanes of at least 4 members (excludes halogenated alkanes) is 3. The van der Waals surface area contributed by atoms with Gasteiger partial charge in [0.25, 0.3) is 5.88 Å². The van der Waals surface area contributed by atoms with E-state index in [1.54, 1.807) is 13.1 Å². The minimum absolute atomic E-state index is 0.0864. The molecule has 0 saturated carbocycles. The first kappa shape index (κ1) is 14.2. The van der Waals surface area contributed by atoms with Crippen LogP contribution in [0, 0.1) is 10.1 Å². The highest BCUT2D eigenvalue weighted by Gasteiger charge is 2.17. The molecule has 0 aliphatic heterocycles. The standard InChI is InChI=1S/C12H19N3O3/c1-3-4-5-6-9-18-12-10(15(16)17)7-8-11(13-2)14-12/h7-8H,3-6,9H2,1-2H3,(H,13,14). The van der Waals surface area contributed by atoms with Crippen LogP contribution >= 0.6 is 0 Å². The van der Waals surface area contributed by atoms with Crippen LogP contribution in [0.1, 0.15) is 32.6 Å². The van der Waals surface area contributed by atoms with Gasteiger partial charge in [0.2, 0.25) is 0 Å². The number of ether oxygens (including phenoxy) is 1. The van der Waals surface area contributed by atoms with Crippen molar-refractivity contribution in [3.8, 4) is 5.88 Å². The van der Waals surface area contributed by atoms with Crippen molar-refractivity contribution in [3.05, 3.63) is 22.2 Å². The van der Waals surface area contributed by atoms with Gasteiger partial charge in [-0.1, -0.05) is 26.2 Å². The molecule has 0 aromatic carbocycles. The van der Waals surface area contributed by atoms with Crippen molar-refractivity contribution in [2.24, 2.45) is 0 Å². The molecule has 0 radical (unpaired) electrons. The summed E-state index contributed by atoms with van der Waals surface area (Å²) in [5.74, 6) is 0.646. The van der Waals surface area contributed by atoms with Crippen molar-refractivity contribution in [3.63, 3.8) is 0 Å². The lowest BCUT2D eigenvalue weighted by Gasteiger charge is -2.07. The summed E-state index contributed by atoms with van der Waals surface area (Å²) in [5.41, 5.74) is -0.0931. The highest BCUT2D eigenvalue weighted by Crippen LogP contribution is 2.26. The van der Waals surface area contributed by atoms with Crippen LogP contribution in [0.5, 0.6) is 5.88 Å². The molecule has 6 nitrogen and oxygen atoms in total. The smallest absolute Gasteiger partial charge is 0.331 e. The summed E-state index contributed by atoms with van der Waals surface area (Å²) in [7, 11) is 1.71. The monoisotopic (exact) mass is 253 g/mol. The summed E-state index contributed by atoms with van der Waals surface area (Å²) in [4.78, 5) is 14.4. The molecule has 6 heteroatoms. The molecule has 0 amide bonds. The minimum Gasteiger partial charge on any atom is -0.473 e. The molecule has 0 unspecified atom stereocenters. The summed E-state index contributed by atoms with van der Waals surface area (Å²) in [5, 5.41) is 13.7. The normalized spacial score (nSPS) is 10.1. The maximum atomic E-state index is 10.8. The van der Waals surface area contributed by atoms with Crippen LogP contribution in [-0.2, 0) is 0 Å². The first-order valence-corrected chi connectivity index (χ1v) is 6.15. The highest BCUT2D eigenvalue weighted by atomic mass is 16.6. The number of hydrogen-bond donors (Lipinski definition) is 1. The number of nitrogens with zero attached hydrogens (tertiary/aromatic N) is 2. The first-order valence-electron chi connectivity index (χ1n) is 6.15. The third-order valence-corrected chi connectivity index (χ3v) is 2.53. The molecule has 0 saturated heterocycles. The molecule has 0 bridgehead atoms. The molecule has 100 valence electrons. The van der Waals surface area contributed by atoms with Gasteiger partial charge in [0, 0.05) is 13.1 Å². The fourth-order valence-corrected chi connectivity index (χ4v) is 1.52. The Bertz CT molecular complexity index is 396. The van der Waals surface area contributed by atoms with E-state index in [4.69, 9.17) is 4.74 Å². The molecule has 1 heterocycles. The highest BCUT2D eigenvalue weighted by molar-refractivity contribution is 5.48. The quantitative estimate of drug-likeness (QED) is 0.438. The van der Waals surface area contributed by atoms with Crippen LogP contribution in [0.3, 0.4) is 0 Å². The van der Waals surface area contributed by atoms with Crippen molar-refractivity contribution < 1.29 is 9.66 Å². The Morgan fingerprint density at radius 2 is 2.17 bits per heavy atom. The maximum absolute atomic E-state index is 10.8. The van der Waals surface area contributed by atoms with E-state index in [2.05, 4.69) is 17.2 Å². The van der Waals surface area contributed by atoms with Gasteiger partial charge in [-0.15, -0.1) is 0 Å². The fourth-order valence-electron chi connectivity index (χ4n) is 1.52. The summed E-state index contributed by atoms with van der Waals surface area (Å²) in [6.07, 6.45) is 4.25. The van der Waals surface area contributed by atoms with Crippen molar-refractivity contribution in [1.82, 2.24) is 4.98 Å². The van der Waals surface area contributed by atoms with E-state index in [-0.39, 0.29) is 11.6 Å². The van der Waals surface area contributed by atoms with Crippen LogP contribution < -0.4 is 10.1 Å². The van der Waals surface area contributed by atoms with Gasteiger partial charge >= 0.3 is 5.69 Å². The first-order chi connectivity index (χ1) is 8.69.